The number of likely N-dealkylation sites (N-methyl/N-ethyl adjacent to an activating group) is 1. The molecule has 1 aromatic rings. The molecule has 0 unspecified atom stereocenters. The van der Waals surface area contributed by atoms with Gasteiger partial charge < -0.3 is 25.0 Å². The predicted octanol–water partition coefficient (Wildman–Crippen LogP) is 1.41. The maximum atomic E-state index is 13.3. The van der Waals surface area contributed by atoms with Crippen LogP contribution in [0.25, 0.3) is 0 Å². The molecule has 2 aliphatic rings. The Morgan fingerprint density at radius 3 is 2.53 bits per heavy atom. The van der Waals surface area contributed by atoms with Crippen LogP contribution in [-0.2, 0) is 9.59 Å². The molecule has 162 valence electrons. The molecule has 0 saturated heterocycles. The van der Waals surface area contributed by atoms with Gasteiger partial charge in [0.05, 0.1) is 38.1 Å². The van der Waals surface area contributed by atoms with E-state index in [2.05, 4.69) is 10.6 Å². The molecule has 0 aliphatic carbocycles. The van der Waals surface area contributed by atoms with Crippen molar-refractivity contribution in [1.29, 1.82) is 0 Å². The highest BCUT2D eigenvalue weighted by atomic mass is 16.5. The number of nitrogens with zero attached hydrogens (tertiary/aromatic N) is 2. The zero-order valence-corrected chi connectivity index (χ0v) is 18.2. The molecule has 3 rings (SSSR count). The van der Waals surface area contributed by atoms with E-state index in [1.165, 1.54) is 24.0 Å². The van der Waals surface area contributed by atoms with Crippen molar-refractivity contribution in [2.75, 3.05) is 34.4 Å². The summed E-state index contributed by atoms with van der Waals surface area (Å²) >= 11 is 0. The molecule has 4 amide bonds. The van der Waals surface area contributed by atoms with Crippen LogP contribution in [-0.4, -0.2) is 67.5 Å². The van der Waals surface area contributed by atoms with Gasteiger partial charge in [-0.25, -0.2) is 4.79 Å². The monoisotopic (exact) mass is 416 g/mol. The zero-order chi connectivity index (χ0) is 22.2. The average molecular weight is 416 g/mol. The Morgan fingerprint density at radius 2 is 1.93 bits per heavy atom. The van der Waals surface area contributed by atoms with Crippen molar-refractivity contribution >= 4 is 17.8 Å². The standard InChI is InChI=1S/C21H28N4O5/c1-21(2,3)23-15(26)11-25-10-13-16(19(25)27)17(22-20(28)24(13)4)12-8-7-9-14(29-5)18(12)30-6/h7-9,17H,10-11H2,1-6H3,(H,22,28)(H,23,26)/t17-/m0/s1. The topological polar surface area (TPSA) is 100 Å². The molecule has 0 radical (unpaired) electrons. The number of carbonyl (C=O) groups excluding carboxylic acids is 3. The van der Waals surface area contributed by atoms with Crippen LogP contribution in [0.2, 0.25) is 0 Å². The van der Waals surface area contributed by atoms with Crippen LogP contribution in [0.15, 0.2) is 29.5 Å². The number of carbonyl (C=O) groups is 3. The Balaban J connectivity index is 1.96. The van der Waals surface area contributed by atoms with E-state index in [1.54, 1.807) is 25.2 Å². The first kappa shape index (κ1) is 21.5. The van der Waals surface area contributed by atoms with Gasteiger partial charge in [-0.15, -0.1) is 0 Å². The van der Waals surface area contributed by atoms with Gasteiger partial charge in [0, 0.05) is 18.2 Å². The summed E-state index contributed by atoms with van der Waals surface area (Å²) in [5.41, 5.74) is 1.20. The van der Waals surface area contributed by atoms with Crippen LogP contribution in [0.3, 0.4) is 0 Å². The minimum Gasteiger partial charge on any atom is -0.493 e. The van der Waals surface area contributed by atoms with Gasteiger partial charge >= 0.3 is 6.03 Å². The molecule has 1 aromatic carbocycles. The first-order valence-electron chi connectivity index (χ1n) is 9.65. The van der Waals surface area contributed by atoms with E-state index in [4.69, 9.17) is 9.47 Å². The molecule has 0 aromatic heterocycles. The van der Waals surface area contributed by atoms with Crippen LogP contribution >= 0.6 is 0 Å². The van der Waals surface area contributed by atoms with Gasteiger partial charge in [0.1, 0.15) is 6.54 Å². The number of amides is 4. The summed E-state index contributed by atoms with van der Waals surface area (Å²) in [4.78, 5) is 41.1. The van der Waals surface area contributed by atoms with E-state index >= 15 is 0 Å². The summed E-state index contributed by atoms with van der Waals surface area (Å²) in [6, 6.07) is 4.25. The van der Waals surface area contributed by atoms with E-state index in [-0.39, 0.29) is 30.9 Å². The summed E-state index contributed by atoms with van der Waals surface area (Å²) in [5.74, 6) is 0.388. The normalized spacial score (nSPS) is 18.9. The van der Waals surface area contributed by atoms with Crippen molar-refractivity contribution in [3.63, 3.8) is 0 Å². The lowest BCUT2D eigenvalue weighted by atomic mass is 9.94. The smallest absolute Gasteiger partial charge is 0.322 e. The van der Waals surface area contributed by atoms with E-state index < -0.39 is 11.6 Å². The van der Waals surface area contributed by atoms with Crippen LogP contribution in [0.4, 0.5) is 4.79 Å². The van der Waals surface area contributed by atoms with Crippen molar-refractivity contribution in [2.24, 2.45) is 0 Å². The highest BCUT2D eigenvalue weighted by Crippen LogP contribution is 2.42. The summed E-state index contributed by atoms with van der Waals surface area (Å²) in [5, 5.41) is 5.73. The molecule has 2 heterocycles. The number of urea groups is 1. The molecule has 0 fully saturated rings. The van der Waals surface area contributed by atoms with Crippen LogP contribution in [0.1, 0.15) is 32.4 Å². The molecule has 0 saturated carbocycles. The summed E-state index contributed by atoms with van der Waals surface area (Å²) in [6.07, 6.45) is 0. The Morgan fingerprint density at radius 1 is 1.23 bits per heavy atom. The Labute approximate surface area is 176 Å². The second-order valence-corrected chi connectivity index (χ2v) is 8.34. The molecule has 2 aliphatic heterocycles. The van der Waals surface area contributed by atoms with E-state index in [1.807, 2.05) is 20.8 Å². The van der Waals surface area contributed by atoms with Crippen LogP contribution < -0.4 is 20.1 Å². The minimum atomic E-state index is -0.711. The fourth-order valence-electron chi connectivity index (χ4n) is 3.75. The number of benzene rings is 1. The van der Waals surface area contributed by atoms with Crippen molar-refractivity contribution in [3.8, 4) is 11.5 Å². The van der Waals surface area contributed by atoms with Gasteiger partial charge in [-0.05, 0) is 26.8 Å². The predicted molar refractivity (Wildman–Crippen MR) is 110 cm³/mol. The van der Waals surface area contributed by atoms with Gasteiger partial charge in [-0.3, -0.25) is 14.5 Å². The lowest BCUT2D eigenvalue weighted by Gasteiger charge is -2.31. The Bertz CT molecular complexity index is 918. The minimum absolute atomic E-state index is 0.0902. The fraction of sp³-hybridized carbons (Fsp3) is 0.476. The highest BCUT2D eigenvalue weighted by Gasteiger charge is 2.44. The molecule has 9 nitrogen and oxygen atoms in total. The third-order valence-corrected chi connectivity index (χ3v) is 5.03. The molecule has 0 spiro atoms. The first-order chi connectivity index (χ1) is 14.1. The fourth-order valence-corrected chi connectivity index (χ4v) is 3.75. The number of nitrogens with one attached hydrogen (secondary N) is 2. The van der Waals surface area contributed by atoms with Gasteiger partial charge in [0.25, 0.3) is 5.91 Å². The third-order valence-electron chi connectivity index (χ3n) is 5.03. The van der Waals surface area contributed by atoms with E-state index in [0.29, 0.717) is 28.3 Å². The largest absolute Gasteiger partial charge is 0.493 e. The van der Waals surface area contributed by atoms with Crippen molar-refractivity contribution in [1.82, 2.24) is 20.4 Å². The third kappa shape index (κ3) is 3.92. The Kier molecular flexibility index (Phi) is 5.65. The summed E-state index contributed by atoms with van der Waals surface area (Å²) < 4.78 is 10.9. The summed E-state index contributed by atoms with van der Waals surface area (Å²) in [6.45, 7) is 5.72. The van der Waals surface area contributed by atoms with Gasteiger partial charge in [0.2, 0.25) is 5.91 Å². The van der Waals surface area contributed by atoms with Gasteiger partial charge in [0.15, 0.2) is 11.5 Å². The lowest BCUT2D eigenvalue weighted by molar-refractivity contribution is -0.132. The second kappa shape index (κ2) is 7.89. The maximum Gasteiger partial charge on any atom is 0.322 e. The molecule has 0 bridgehead atoms. The number of methoxy groups -OCH3 is 2. The maximum absolute atomic E-state index is 13.3. The summed E-state index contributed by atoms with van der Waals surface area (Å²) in [7, 11) is 4.64. The molecular formula is C21H28N4O5. The number of para-hydroxylation sites is 1. The van der Waals surface area contributed by atoms with Crippen LogP contribution in [0, 0.1) is 0 Å². The molecular weight excluding hydrogens is 388 g/mol. The van der Waals surface area contributed by atoms with E-state index in [9.17, 15) is 14.4 Å². The van der Waals surface area contributed by atoms with Crippen LogP contribution in [0.5, 0.6) is 11.5 Å². The quantitative estimate of drug-likeness (QED) is 0.756. The molecule has 9 heteroatoms. The van der Waals surface area contributed by atoms with Gasteiger partial charge in [-0.2, -0.15) is 0 Å². The number of rotatable bonds is 5. The first-order valence-corrected chi connectivity index (χ1v) is 9.65. The van der Waals surface area contributed by atoms with Crippen molar-refractivity contribution in [2.45, 2.75) is 32.4 Å². The molecule has 30 heavy (non-hydrogen) atoms. The van der Waals surface area contributed by atoms with Gasteiger partial charge in [-0.1, -0.05) is 12.1 Å². The van der Waals surface area contributed by atoms with Crippen molar-refractivity contribution < 1.29 is 23.9 Å². The number of hydrogen-bond donors (Lipinski definition) is 2. The number of hydrogen-bond acceptors (Lipinski definition) is 5. The molecule has 1 atom stereocenters. The Hall–Kier alpha value is -3.23. The number of ether oxygens (including phenoxy) is 2. The molecule has 2 N–H and O–H groups in total. The second-order valence-electron chi connectivity index (χ2n) is 8.34. The average Bonchev–Trinajstić information content (AvgIpc) is 2.99. The zero-order valence-electron chi connectivity index (χ0n) is 18.2. The van der Waals surface area contributed by atoms with E-state index in [0.717, 1.165) is 0 Å². The SMILES string of the molecule is COc1cccc([C@@H]2NC(=O)N(C)C3=C2C(=O)N(CC(=O)NC(C)(C)C)C3)c1OC. The van der Waals surface area contributed by atoms with Crippen molar-refractivity contribution in [3.05, 3.63) is 35.0 Å². The lowest BCUT2D eigenvalue weighted by Crippen LogP contribution is -2.46. The highest BCUT2D eigenvalue weighted by molar-refractivity contribution is 6.03.